The van der Waals surface area contributed by atoms with Crippen molar-refractivity contribution in [3.8, 4) is 28.0 Å². The Balaban J connectivity index is 1.73. The van der Waals surface area contributed by atoms with Crippen molar-refractivity contribution >= 4 is 0 Å². The fourth-order valence-electron chi connectivity index (χ4n) is 4.44. The van der Waals surface area contributed by atoms with Crippen LogP contribution in [0.25, 0.3) is 22.3 Å². The number of rotatable bonds is 3. The molecule has 1 N–H and O–H groups in total. The van der Waals surface area contributed by atoms with E-state index < -0.39 is 0 Å². The van der Waals surface area contributed by atoms with Crippen LogP contribution in [0.2, 0.25) is 0 Å². The summed E-state index contributed by atoms with van der Waals surface area (Å²) in [5, 5.41) is 9.71. The van der Waals surface area contributed by atoms with Crippen molar-refractivity contribution in [3.63, 3.8) is 0 Å². The summed E-state index contributed by atoms with van der Waals surface area (Å²) in [7, 11) is 0. The number of benzene rings is 4. The van der Waals surface area contributed by atoms with E-state index in [0.29, 0.717) is 5.75 Å². The molecule has 28 heavy (non-hydrogen) atoms. The molecule has 0 unspecified atom stereocenters. The minimum absolute atomic E-state index is 0.303. The van der Waals surface area contributed by atoms with E-state index in [1.807, 2.05) is 12.1 Å². The van der Waals surface area contributed by atoms with E-state index in [4.69, 9.17) is 0 Å². The highest BCUT2D eigenvalue weighted by atomic mass is 16.3. The van der Waals surface area contributed by atoms with Crippen molar-refractivity contribution in [1.29, 1.82) is 0 Å². The summed E-state index contributed by atoms with van der Waals surface area (Å²) in [6.45, 7) is 2.24. The summed E-state index contributed by atoms with van der Waals surface area (Å²) in [6, 6.07) is 29.4. The highest BCUT2D eigenvalue weighted by Crippen LogP contribution is 2.43. The van der Waals surface area contributed by atoms with Crippen molar-refractivity contribution in [3.05, 3.63) is 113 Å². The first kappa shape index (κ1) is 16.8. The van der Waals surface area contributed by atoms with E-state index >= 15 is 0 Å². The van der Waals surface area contributed by atoms with Gasteiger partial charge < -0.3 is 5.11 Å². The van der Waals surface area contributed by atoms with Crippen molar-refractivity contribution in [2.45, 2.75) is 19.8 Å². The van der Waals surface area contributed by atoms with Crippen LogP contribution in [0.4, 0.5) is 0 Å². The predicted molar refractivity (Wildman–Crippen MR) is 116 cm³/mol. The first-order valence-corrected chi connectivity index (χ1v) is 9.77. The topological polar surface area (TPSA) is 20.2 Å². The smallest absolute Gasteiger partial charge is 0.115 e. The molecule has 5 rings (SSSR count). The van der Waals surface area contributed by atoms with E-state index in [1.165, 1.54) is 44.5 Å². The predicted octanol–water partition coefficient (Wildman–Crippen LogP) is 6.53. The molecular weight excluding hydrogens is 340 g/mol. The van der Waals surface area contributed by atoms with Gasteiger partial charge in [-0.2, -0.15) is 0 Å². The summed E-state index contributed by atoms with van der Waals surface area (Å²) in [4.78, 5) is 0. The van der Waals surface area contributed by atoms with Gasteiger partial charge in [0.15, 0.2) is 0 Å². The number of hydrogen-bond acceptors (Lipinski definition) is 1. The maximum Gasteiger partial charge on any atom is 0.115 e. The van der Waals surface area contributed by atoms with E-state index in [9.17, 15) is 5.11 Å². The largest absolute Gasteiger partial charge is 0.508 e. The lowest BCUT2D eigenvalue weighted by atomic mass is 9.86. The van der Waals surface area contributed by atoms with Crippen LogP contribution in [-0.4, -0.2) is 5.11 Å². The molecule has 136 valence electrons. The number of phenolic OH excluding ortho intramolecular Hbond substituents is 1. The second kappa shape index (κ2) is 6.69. The number of hydrogen-bond donors (Lipinski definition) is 1. The van der Waals surface area contributed by atoms with Crippen molar-refractivity contribution in [1.82, 2.24) is 0 Å². The zero-order chi connectivity index (χ0) is 19.1. The van der Waals surface area contributed by atoms with Gasteiger partial charge in [0.2, 0.25) is 0 Å². The second-order valence-corrected chi connectivity index (χ2v) is 7.60. The molecule has 0 saturated carbocycles. The van der Waals surface area contributed by atoms with E-state index in [1.54, 1.807) is 12.1 Å². The Morgan fingerprint density at radius 1 is 0.750 bits per heavy atom. The van der Waals surface area contributed by atoms with Gasteiger partial charge in [0.25, 0.3) is 0 Å². The van der Waals surface area contributed by atoms with Crippen LogP contribution in [0.1, 0.15) is 27.8 Å². The zero-order valence-electron chi connectivity index (χ0n) is 15.9. The van der Waals surface area contributed by atoms with Gasteiger partial charge in [-0.1, -0.05) is 66.7 Å². The fraction of sp³-hybridized carbons (Fsp3) is 0.111. The first-order chi connectivity index (χ1) is 13.7. The van der Waals surface area contributed by atoms with Gasteiger partial charge in [-0.3, -0.25) is 0 Å². The lowest BCUT2D eigenvalue weighted by molar-refractivity contribution is 0.475. The van der Waals surface area contributed by atoms with Crippen LogP contribution in [0, 0.1) is 6.92 Å². The van der Waals surface area contributed by atoms with Gasteiger partial charge in [0.05, 0.1) is 0 Å². The SMILES string of the molecule is Cc1c(-c2ccc(O)cc2)cc2c(c1Cc1ccccc1)Cc1ccccc1-2. The normalized spacial score (nSPS) is 11.9. The Labute approximate surface area is 165 Å². The van der Waals surface area contributed by atoms with E-state index in [0.717, 1.165) is 18.4 Å². The average Bonchev–Trinajstić information content (AvgIpc) is 3.10. The molecule has 1 aliphatic carbocycles. The Morgan fingerprint density at radius 3 is 2.25 bits per heavy atom. The van der Waals surface area contributed by atoms with Crippen molar-refractivity contribution in [2.75, 3.05) is 0 Å². The molecule has 0 spiro atoms. The number of aromatic hydroxyl groups is 1. The van der Waals surface area contributed by atoms with Crippen LogP contribution in [0.5, 0.6) is 5.75 Å². The van der Waals surface area contributed by atoms with E-state index in [2.05, 4.69) is 67.6 Å². The molecule has 0 bridgehead atoms. The van der Waals surface area contributed by atoms with Crippen LogP contribution >= 0.6 is 0 Å². The third-order valence-corrected chi connectivity index (χ3v) is 5.91. The molecule has 1 heteroatoms. The highest BCUT2D eigenvalue weighted by Gasteiger charge is 2.24. The van der Waals surface area contributed by atoms with Crippen molar-refractivity contribution in [2.24, 2.45) is 0 Å². The summed E-state index contributed by atoms with van der Waals surface area (Å²) < 4.78 is 0. The Morgan fingerprint density at radius 2 is 1.46 bits per heavy atom. The first-order valence-electron chi connectivity index (χ1n) is 9.77. The summed E-state index contributed by atoms with van der Waals surface area (Å²) in [5.41, 5.74) is 12.1. The van der Waals surface area contributed by atoms with Gasteiger partial charge in [-0.15, -0.1) is 0 Å². The molecule has 0 saturated heterocycles. The monoisotopic (exact) mass is 362 g/mol. The lowest BCUT2D eigenvalue weighted by Gasteiger charge is -2.18. The third-order valence-electron chi connectivity index (χ3n) is 5.91. The number of fused-ring (bicyclic) bond motifs is 3. The third kappa shape index (κ3) is 2.80. The molecular formula is C27H22O. The van der Waals surface area contributed by atoms with Gasteiger partial charge in [-0.25, -0.2) is 0 Å². The molecule has 0 radical (unpaired) electrons. The molecule has 4 aromatic carbocycles. The molecule has 0 amide bonds. The zero-order valence-corrected chi connectivity index (χ0v) is 15.9. The summed E-state index contributed by atoms with van der Waals surface area (Å²) in [6.07, 6.45) is 1.94. The fourth-order valence-corrected chi connectivity index (χ4v) is 4.44. The van der Waals surface area contributed by atoms with Crippen LogP contribution in [0.3, 0.4) is 0 Å². The van der Waals surface area contributed by atoms with Gasteiger partial charge >= 0.3 is 0 Å². The quantitative estimate of drug-likeness (QED) is 0.387. The van der Waals surface area contributed by atoms with Crippen molar-refractivity contribution < 1.29 is 5.11 Å². The standard InChI is InChI=1S/C27H22O/c1-18-24(20-11-13-22(28)14-12-20)17-27-23-10-6-5-9-21(23)16-26(27)25(18)15-19-7-3-2-4-8-19/h2-14,17,28H,15-16H2,1H3. The molecule has 0 aromatic heterocycles. The van der Waals surface area contributed by atoms with Crippen LogP contribution < -0.4 is 0 Å². The average molecular weight is 362 g/mol. The Kier molecular flexibility index (Phi) is 4.02. The van der Waals surface area contributed by atoms with Gasteiger partial charge in [0, 0.05) is 0 Å². The summed E-state index contributed by atoms with van der Waals surface area (Å²) >= 11 is 0. The molecule has 1 aliphatic rings. The molecule has 1 nitrogen and oxygen atoms in total. The molecule has 0 fully saturated rings. The Hall–Kier alpha value is -3.32. The second-order valence-electron chi connectivity index (χ2n) is 7.60. The molecule has 0 heterocycles. The van der Waals surface area contributed by atoms with Gasteiger partial charge in [0.1, 0.15) is 5.75 Å². The van der Waals surface area contributed by atoms with E-state index in [-0.39, 0.29) is 0 Å². The van der Waals surface area contributed by atoms with Crippen LogP contribution in [0.15, 0.2) is 84.9 Å². The molecule has 4 aromatic rings. The number of phenols is 1. The lowest BCUT2D eigenvalue weighted by Crippen LogP contribution is -2.01. The highest BCUT2D eigenvalue weighted by molar-refractivity contribution is 5.85. The van der Waals surface area contributed by atoms with Gasteiger partial charge in [-0.05, 0) is 88.0 Å². The maximum absolute atomic E-state index is 9.71. The summed E-state index contributed by atoms with van der Waals surface area (Å²) in [5.74, 6) is 0.303. The molecule has 0 aliphatic heterocycles. The van der Waals surface area contributed by atoms with Crippen LogP contribution in [-0.2, 0) is 12.8 Å². The minimum Gasteiger partial charge on any atom is -0.508 e. The maximum atomic E-state index is 9.71. The minimum atomic E-state index is 0.303. The molecule has 0 atom stereocenters. The Bertz CT molecular complexity index is 1160.